The smallest absolute Gasteiger partial charge is 0.357 e. The minimum Gasteiger partial charge on any atom is -0.461 e. The van der Waals surface area contributed by atoms with Gasteiger partial charge in [-0.15, -0.1) is 11.3 Å². The van der Waals surface area contributed by atoms with Gasteiger partial charge in [0.25, 0.3) is 0 Å². The Labute approximate surface area is 123 Å². The van der Waals surface area contributed by atoms with Crippen LogP contribution in [0.25, 0.3) is 0 Å². The van der Waals surface area contributed by atoms with Crippen LogP contribution in [0.1, 0.15) is 29.9 Å². The molecule has 5 heteroatoms. The number of esters is 1. The van der Waals surface area contributed by atoms with Crippen molar-refractivity contribution in [2.75, 3.05) is 18.1 Å². The number of nitrogens with zero attached hydrogens (tertiary/aromatic N) is 2. The maximum Gasteiger partial charge on any atom is 0.357 e. The molecule has 0 unspecified atom stereocenters. The minimum atomic E-state index is -0.356. The third-order valence-electron chi connectivity index (χ3n) is 2.85. The summed E-state index contributed by atoms with van der Waals surface area (Å²) in [6.07, 6.45) is 0. The Morgan fingerprint density at radius 3 is 2.70 bits per heavy atom. The van der Waals surface area contributed by atoms with Gasteiger partial charge in [0.2, 0.25) is 0 Å². The second-order valence-electron chi connectivity index (χ2n) is 4.24. The topological polar surface area (TPSA) is 42.4 Å². The highest BCUT2D eigenvalue weighted by atomic mass is 32.1. The molecule has 0 N–H and O–H groups in total. The van der Waals surface area contributed by atoms with Crippen molar-refractivity contribution >= 4 is 22.4 Å². The van der Waals surface area contributed by atoms with Crippen LogP contribution >= 0.6 is 11.3 Å². The Bertz CT molecular complexity index is 554. The van der Waals surface area contributed by atoms with Gasteiger partial charge in [-0.2, -0.15) is 0 Å². The second-order valence-corrected chi connectivity index (χ2v) is 5.07. The first-order chi connectivity index (χ1) is 9.74. The number of hydrogen-bond acceptors (Lipinski definition) is 5. The predicted molar refractivity (Wildman–Crippen MR) is 81.2 cm³/mol. The fraction of sp³-hybridized carbons (Fsp3) is 0.333. The molecule has 20 heavy (non-hydrogen) atoms. The molecular weight excluding hydrogens is 272 g/mol. The number of thiazole rings is 1. The zero-order valence-corrected chi connectivity index (χ0v) is 12.5. The van der Waals surface area contributed by atoms with E-state index < -0.39 is 0 Å². The number of carbonyl (C=O) groups is 1. The highest BCUT2D eigenvalue weighted by molar-refractivity contribution is 7.13. The van der Waals surface area contributed by atoms with E-state index >= 15 is 0 Å². The van der Waals surface area contributed by atoms with Crippen molar-refractivity contribution in [3.63, 3.8) is 0 Å². The quantitative estimate of drug-likeness (QED) is 0.765. The summed E-state index contributed by atoms with van der Waals surface area (Å²) in [5.41, 5.74) is 1.61. The number of benzene rings is 1. The fourth-order valence-electron chi connectivity index (χ4n) is 1.83. The molecule has 1 aromatic carbocycles. The van der Waals surface area contributed by atoms with Gasteiger partial charge in [-0.3, -0.25) is 0 Å². The van der Waals surface area contributed by atoms with Crippen LogP contribution < -0.4 is 4.90 Å². The first kappa shape index (κ1) is 14.5. The molecule has 2 aromatic rings. The Kier molecular flexibility index (Phi) is 5.12. The number of hydrogen-bond donors (Lipinski definition) is 0. The van der Waals surface area contributed by atoms with E-state index in [4.69, 9.17) is 4.74 Å². The molecule has 106 valence electrons. The molecule has 4 nitrogen and oxygen atoms in total. The van der Waals surface area contributed by atoms with Crippen LogP contribution in [0.15, 0.2) is 35.7 Å². The summed E-state index contributed by atoms with van der Waals surface area (Å²) in [5, 5.41) is 2.60. The molecule has 2 rings (SSSR count). The molecule has 0 bridgehead atoms. The number of rotatable bonds is 6. The molecule has 0 aliphatic rings. The summed E-state index contributed by atoms with van der Waals surface area (Å²) in [6, 6.07) is 10.2. The van der Waals surface area contributed by atoms with E-state index in [1.54, 1.807) is 12.3 Å². The first-order valence-corrected chi connectivity index (χ1v) is 7.54. The minimum absolute atomic E-state index is 0.356. The SMILES string of the molecule is CCOC(=O)c1csc(N(CC)Cc2ccccc2)n1. The summed E-state index contributed by atoms with van der Waals surface area (Å²) in [7, 11) is 0. The van der Waals surface area contributed by atoms with Crippen molar-refractivity contribution in [2.24, 2.45) is 0 Å². The standard InChI is InChI=1S/C15H18N2O2S/c1-3-17(10-12-8-6-5-7-9-12)15-16-13(11-20-15)14(18)19-4-2/h5-9,11H,3-4,10H2,1-2H3. The van der Waals surface area contributed by atoms with Gasteiger partial charge in [0, 0.05) is 18.5 Å². The van der Waals surface area contributed by atoms with Crippen LogP contribution in [0.5, 0.6) is 0 Å². The highest BCUT2D eigenvalue weighted by Crippen LogP contribution is 2.22. The lowest BCUT2D eigenvalue weighted by atomic mass is 10.2. The molecule has 0 saturated heterocycles. The van der Waals surface area contributed by atoms with Crippen LogP contribution in [-0.4, -0.2) is 24.1 Å². The van der Waals surface area contributed by atoms with Gasteiger partial charge in [0.1, 0.15) is 0 Å². The summed E-state index contributed by atoms with van der Waals surface area (Å²) in [4.78, 5) is 18.1. The largest absolute Gasteiger partial charge is 0.461 e. The summed E-state index contributed by atoms with van der Waals surface area (Å²) in [6.45, 7) is 5.86. The average Bonchev–Trinajstić information content (AvgIpc) is 2.96. The zero-order chi connectivity index (χ0) is 14.4. The fourth-order valence-corrected chi connectivity index (χ4v) is 2.69. The van der Waals surface area contributed by atoms with Crippen LogP contribution in [0.3, 0.4) is 0 Å². The van der Waals surface area contributed by atoms with E-state index in [0.717, 1.165) is 18.2 Å². The lowest BCUT2D eigenvalue weighted by Gasteiger charge is -2.19. The summed E-state index contributed by atoms with van der Waals surface area (Å²) >= 11 is 1.47. The molecule has 0 radical (unpaired) electrons. The van der Waals surface area contributed by atoms with Gasteiger partial charge in [-0.1, -0.05) is 30.3 Å². The van der Waals surface area contributed by atoms with Gasteiger partial charge in [-0.25, -0.2) is 9.78 Å². The first-order valence-electron chi connectivity index (χ1n) is 6.66. The molecule has 0 aliphatic carbocycles. The number of aromatic nitrogens is 1. The number of anilines is 1. The third-order valence-corrected chi connectivity index (χ3v) is 3.75. The van der Waals surface area contributed by atoms with Crippen LogP contribution in [0, 0.1) is 0 Å². The monoisotopic (exact) mass is 290 g/mol. The van der Waals surface area contributed by atoms with Crippen molar-refractivity contribution in [1.29, 1.82) is 0 Å². The normalized spacial score (nSPS) is 10.3. The molecular formula is C15H18N2O2S. The summed E-state index contributed by atoms with van der Waals surface area (Å²) < 4.78 is 4.96. The number of ether oxygens (including phenoxy) is 1. The Balaban J connectivity index is 2.10. The van der Waals surface area contributed by atoms with E-state index in [0.29, 0.717) is 12.3 Å². The van der Waals surface area contributed by atoms with Crippen molar-refractivity contribution in [1.82, 2.24) is 4.98 Å². The van der Waals surface area contributed by atoms with E-state index in [1.165, 1.54) is 16.9 Å². The molecule has 1 aromatic heterocycles. The Hall–Kier alpha value is -1.88. The lowest BCUT2D eigenvalue weighted by Crippen LogP contribution is -2.22. The zero-order valence-electron chi connectivity index (χ0n) is 11.7. The predicted octanol–water partition coefficient (Wildman–Crippen LogP) is 3.35. The van der Waals surface area contributed by atoms with Crippen LogP contribution in [0.4, 0.5) is 5.13 Å². The van der Waals surface area contributed by atoms with E-state index in [9.17, 15) is 4.79 Å². The van der Waals surface area contributed by atoms with E-state index in [1.807, 2.05) is 18.2 Å². The molecule has 0 fully saturated rings. The highest BCUT2D eigenvalue weighted by Gasteiger charge is 2.15. The van der Waals surface area contributed by atoms with E-state index in [2.05, 4.69) is 28.9 Å². The maximum atomic E-state index is 11.6. The van der Waals surface area contributed by atoms with Crippen molar-refractivity contribution < 1.29 is 9.53 Å². The van der Waals surface area contributed by atoms with Crippen molar-refractivity contribution in [2.45, 2.75) is 20.4 Å². The van der Waals surface area contributed by atoms with Crippen molar-refractivity contribution in [3.05, 3.63) is 47.0 Å². The number of carbonyl (C=O) groups excluding carboxylic acids is 1. The molecule has 1 heterocycles. The van der Waals surface area contributed by atoms with Crippen molar-refractivity contribution in [3.8, 4) is 0 Å². The van der Waals surface area contributed by atoms with Gasteiger partial charge in [-0.05, 0) is 19.4 Å². The summed E-state index contributed by atoms with van der Waals surface area (Å²) in [5.74, 6) is -0.356. The Morgan fingerprint density at radius 2 is 2.05 bits per heavy atom. The average molecular weight is 290 g/mol. The molecule has 0 amide bonds. The molecule has 0 aliphatic heterocycles. The maximum absolute atomic E-state index is 11.6. The van der Waals surface area contributed by atoms with Crippen LogP contribution in [-0.2, 0) is 11.3 Å². The van der Waals surface area contributed by atoms with E-state index in [-0.39, 0.29) is 5.97 Å². The van der Waals surface area contributed by atoms with Gasteiger partial charge in [0.05, 0.1) is 6.61 Å². The van der Waals surface area contributed by atoms with Crippen LogP contribution in [0.2, 0.25) is 0 Å². The second kappa shape index (κ2) is 7.05. The molecule has 0 saturated carbocycles. The molecule has 0 spiro atoms. The lowest BCUT2D eigenvalue weighted by molar-refractivity contribution is 0.0520. The molecule has 0 atom stereocenters. The Morgan fingerprint density at radius 1 is 1.30 bits per heavy atom. The van der Waals surface area contributed by atoms with Gasteiger partial charge >= 0.3 is 5.97 Å². The van der Waals surface area contributed by atoms with Gasteiger partial charge in [0.15, 0.2) is 10.8 Å². The van der Waals surface area contributed by atoms with Gasteiger partial charge < -0.3 is 9.64 Å². The third kappa shape index (κ3) is 3.57.